The van der Waals surface area contributed by atoms with Crippen LogP contribution in [0.15, 0.2) is 0 Å². The molecule has 0 bridgehead atoms. The van der Waals surface area contributed by atoms with E-state index in [-0.39, 0.29) is 6.61 Å². The Morgan fingerprint density at radius 2 is 1.92 bits per heavy atom. The lowest BCUT2D eigenvalue weighted by atomic mass is 9.92. The first-order valence-electron chi connectivity index (χ1n) is 4.46. The molecule has 1 heterocycles. The largest absolute Gasteiger partial charge is 0.393 e. The molecule has 0 saturated carbocycles. The van der Waals surface area contributed by atoms with Crippen molar-refractivity contribution in [3.8, 4) is 0 Å². The van der Waals surface area contributed by atoms with Gasteiger partial charge in [0.1, 0.15) is 0 Å². The topological polar surface area (TPSA) is 69.7 Å². The van der Waals surface area contributed by atoms with Gasteiger partial charge in [-0.3, -0.25) is 0 Å². The number of aliphatic hydroxyl groups excluding tert-OH is 1. The Morgan fingerprint density at radius 1 is 1.33 bits per heavy atom. The van der Waals surface area contributed by atoms with Crippen LogP contribution in [0.2, 0.25) is 0 Å². The highest BCUT2D eigenvalue weighted by molar-refractivity contribution is 4.84. The molecule has 0 amide bonds. The minimum Gasteiger partial charge on any atom is -0.393 e. The zero-order valence-electron chi connectivity index (χ0n) is 7.37. The van der Waals surface area contributed by atoms with Gasteiger partial charge < -0.3 is 20.8 Å². The Morgan fingerprint density at radius 3 is 2.33 bits per heavy atom. The Kier molecular flexibility index (Phi) is 3.46. The molecule has 0 aromatic carbocycles. The summed E-state index contributed by atoms with van der Waals surface area (Å²) in [6, 6.07) is 0. The summed E-state index contributed by atoms with van der Waals surface area (Å²) in [7, 11) is 0. The van der Waals surface area contributed by atoms with Crippen molar-refractivity contribution in [2.24, 2.45) is 5.73 Å². The number of likely N-dealkylation sites (tertiary alicyclic amines) is 1. The van der Waals surface area contributed by atoms with Crippen LogP contribution in [-0.2, 0) is 0 Å². The van der Waals surface area contributed by atoms with Crippen molar-refractivity contribution in [3.63, 3.8) is 0 Å². The minimum absolute atomic E-state index is 0.122. The van der Waals surface area contributed by atoms with Gasteiger partial charge in [0.05, 0.1) is 12.2 Å². The first kappa shape index (κ1) is 9.92. The maximum atomic E-state index is 9.66. The number of hydrogen-bond donors (Lipinski definition) is 3. The maximum absolute atomic E-state index is 9.66. The molecule has 12 heavy (non-hydrogen) atoms. The fraction of sp³-hybridized carbons (Fsp3) is 1.00. The zero-order chi connectivity index (χ0) is 9.03. The number of nitrogens with zero attached hydrogens (tertiary/aromatic N) is 1. The molecule has 1 saturated heterocycles. The van der Waals surface area contributed by atoms with Crippen molar-refractivity contribution in [1.29, 1.82) is 0 Å². The van der Waals surface area contributed by atoms with Crippen LogP contribution in [0.5, 0.6) is 0 Å². The van der Waals surface area contributed by atoms with Crippen molar-refractivity contribution in [1.82, 2.24) is 4.90 Å². The van der Waals surface area contributed by atoms with Gasteiger partial charge >= 0.3 is 0 Å². The average molecular weight is 174 g/mol. The van der Waals surface area contributed by atoms with Gasteiger partial charge in [-0.2, -0.15) is 0 Å². The Bertz CT molecular complexity index is 133. The molecule has 4 nitrogen and oxygen atoms in total. The van der Waals surface area contributed by atoms with E-state index in [1.165, 1.54) is 0 Å². The predicted molar refractivity (Wildman–Crippen MR) is 46.8 cm³/mol. The molecule has 1 rings (SSSR count). The summed E-state index contributed by atoms with van der Waals surface area (Å²) in [4.78, 5) is 2.21. The van der Waals surface area contributed by atoms with Crippen LogP contribution in [0, 0.1) is 0 Å². The first-order valence-corrected chi connectivity index (χ1v) is 4.46. The molecular formula is C8H18N2O2. The monoisotopic (exact) mass is 174 g/mol. The lowest BCUT2D eigenvalue weighted by Gasteiger charge is -2.36. The summed E-state index contributed by atoms with van der Waals surface area (Å²) in [5.74, 6) is 0. The van der Waals surface area contributed by atoms with E-state index in [1.807, 2.05) is 0 Å². The van der Waals surface area contributed by atoms with E-state index in [1.54, 1.807) is 0 Å². The lowest BCUT2D eigenvalue weighted by Crippen LogP contribution is -2.47. The van der Waals surface area contributed by atoms with E-state index in [2.05, 4.69) is 4.90 Å². The smallest absolute Gasteiger partial charge is 0.0901 e. The molecule has 0 aromatic rings. The molecule has 0 aromatic heterocycles. The minimum atomic E-state index is -0.828. The van der Waals surface area contributed by atoms with Crippen molar-refractivity contribution in [2.75, 3.05) is 32.8 Å². The van der Waals surface area contributed by atoms with Crippen LogP contribution < -0.4 is 5.73 Å². The van der Waals surface area contributed by atoms with E-state index >= 15 is 0 Å². The molecule has 1 fully saturated rings. The summed E-state index contributed by atoms with van der Waals surface area (Å²) < 4.78 is 0. The van der Waals surface area contributed by atoms with Gasteiger partial charge in [-0.1, -0.05) is 0 Å². The van der Waals surface area contributed by atoms with Crippen LogP contribution in [-0.4, -0.2) is 53.5 Å². The Balaban J connectivity index is 2.29. The molecule has 0 radical (unpaired) electrons. The van der Waals surface area contributed by atoms with E-state index in [9.17, 15) is 5.11 Å². The van der Waals surface area contributed by atoms with E-state index in [4.69, 9.17) is 10.8 Å². The molecule has 0 spiro atoms. The number of nitrogens with two attached hydrogens (primary N) is 1. The van der Waals surface area contributed by atoms with Gasteiger partial charge in [0, 0.05) is 26.2 Å². The molecule has 4 heteroatoms. The molecule has 0 unspecified atom stereocenters. The number of hydrogen-bond acceptors (Lipinski definition) is 4. The first-order chi connectivity index (χ1) is 5.70. The van der Waals surface area contributed by atoms with Crippen molar-refractivity contribution in [2.45, 2.75) is 18.4 Å². The molecular weight excluding hydrogens is 156 g/mol. The average Bonchev–Trinajstić information content (AvgIpc) is 2.10. The highest BCUT2D eigenvalue weighted by Gasteiger charge is 2.30. The second-order valence-electron chi connectivity index (χ2n) is 3.51. The summed E-state index contributed by atoms with van der Waals surface area (Å²) >= 11 is 0. The second kappa shape index (κ2) is 4.18. The van der Waals surface area contributed by atoms with Gasteiger partial charge in [0.25, 0.3) is 0 Å². The summed E-state index contributed by atoms with van der Waals surface area (Å²) in [5.41, 5.74) is 4.58. The molecule has 72 valence electrons. The quantitative estimate of drug-likeness (QED) is 0.501. The molecule has 1 aliphatic heterocycles. The molecule has 0 aliphatic carbocycles. The molecule has 1 aliphatic rings. The van der Waals surface area contributed by atoms with Gasteiger partial charge in [-0.25, -0.2) is 0 Å². The van der Waals surface area contributed by atoms with Crippen LogP contribution in [0.3, 0.4) is 0 Å². The SMILES string of the molecule is NCCN1CCC(O)(CO)CC1. The summed E-state index contributed by atoms with van der Waals surface area (Å²) in [6.45, 7) is 3.12. The Hall–Kier alpha value is -0.160. The fourth-order valence-electron chi connectivity index (χ4n) is 1.53. The second-order valence-corrected chi connectivity index (χ2v) is 3.51. The maximum Gasteiger partial charge on any atom is 0.0901 e. The lowest BCUT2D eigenvalue weighted by molar-refractivity contribution is -0.0588. The van der Waals surface area contributed by atoms with Crippen molar-refractivity contribution < 1.29 is 10.2 Å². The Labute approximate surface area is 73.0 Å². The van der Waals surface area contributed by atoms with Crippen LogP contribution in [0.4, 0.5) is 0 Å². The van der Waals surface area contributed by atoms with Gasteiger partial charge in [0.15, 0.2) is 0 Å². The number of aliphatic hydroxyl groups is 2. The highest BCUT2D eigenvalue weighted by Crippen LogP contribution is 2.20. The normalized spacial score (nSPS) is 24.2. The predicted octanol–water partition coefficient (Wildman–Crippen LogP) is -1.24. The molecule has 0 atom stereocenters. The fourth-order valence-corrected chi connectivity index (χ4v) is 1.53. The van der Waals surface area contributed by atoms with Gasteiger partial charge in [-0.05, 0) is 12.8 Å². The highest BCUT2D eigenvalue weighted by atomic mass is 16.3. The summed E-state index contributed by atoms with van der Waals surface area (Å²) in [6.07, 6.45) is 1.31. The zero-order valence-corrected chi connectivity index (χ0v) is 7.37. The van der Waals surface area contributed by atoms with Crippen LogP contribution in [0.25, 0.3) is 0 Å². The number of piperidine rings is 1. The third-order valence-corrected chi connectivity index (χ3v) is 2.53. The standard InChI is InChI=1S/C8H18N2O2/c9-3-6-10-4-1-8(12,7-11)2-5-10/h11-12H,1-7,9H2. The number of rotatable bonds is 3. The van der Waals surface area contributed by atoms with Crippen LogP contribution in [0.1, 0.15) is 12.8 Å². The van der Waals surface area contributed by atoms with E-state index < -0.39 is 5.60 Å². The van der Waals surface area contributed by atoms with E-state index in [0.29, 0.717) is 19.4 Å². The van der Waals surface area contributed by atoms with Crippen LogP contribution >= 0.6 is 0 Å². The van der Waals surface area contributed by atoms with Crippen molar-refractivity contribution >= 4 is 0 Å². The third kappa shape index (κ3) is 2.42. The van der Waals surface area contributed by atoms with Crippen molar-refractivity contribution in [3.05, 3.63) is 0 Å². The molecule has 4 N–H and O–H groups in total. The summed E-state index contributed by atoms with van der Waals surface area (Å²) in [5, 5.41) is 18.5. The third-order valence-electron chi connectivity index (χ3n) is 2.53. The van der Waals surface area contributed by atoms with Gasteiger partial charge in [-0.15, -0.1) is 0 Å². The van der Waals surface area contributed by atoms with Gasteiger partial charge in [0.2, 0.25) is 0 Å². The van der Waals surface area contributed by atoms with E-state index in [0.717, 1.165) is 19.6 Å².